The third kappa shape index (κ3) is 3.46. The van der Waals surface area contributed by atoms with E-state index in [4.69, 9.17) is 4.52 Å². The van der Waals surface area contributed by atoms with Gasteiger partial charge >= 0.3 is 0 Å². The second-order valence-corrected chi connectivity index (χ2v) is 6.54. The Morgan fingerprint density at radius 2 is 2.22 bits per heavy atom. The molecule has 7 heteroatoms. The molecule has 1 aromatic carbocycles. The number of aromatic nitrogens is 3. The number of carbonyl (C=O) groups is 1. The molecule has 0 radical (unpaired) electrons. The highest BCUT2D eigenvalue weighted by Crippen LogP contribution is 2.34. The van der Waals surface area contributed by atoms with Gasteiger partial charge in [0, 0.05) is 23.7 Å². The van der Waals surface area contributed by atoms with Gasteiger partial charge in [-0.3, -0.25) is 9.78 Å². The molecule has 1 atom stereocenters. The highest BCUT2D eigenvalue weighted by molar-refractivity contribution is 5.94. The number of aryl methyl sites for hydroxylation is 2. The van der Waals surface area contributed by atoms with Crippen LogP contribution in [0.4, 0.5) is 0 Å². The van der Waals surface area contributed by atoms with Crippen LogP contribution in [0.1, 0.15) is 52.5 Å². The van der Waals surface area contributed by atoms with E-state index in [0.29, 0.717) is 29.4 Å². The van der Waals surface area contributed by atoms with Gasteiger partial charge in [0.05, 0.1) is 18.3 Å². The van der Waals surface area contributed by atoms with Crippen molar-refractivity contribution in [3.8, 4) is 11.4 Å². The van der Waals surface area contributed by atoms with Gasteiger partial charge in [0.15, 0.2) is 0 Å². The van der Waals surface area contributed by atoms with E-state index in [-0.39, 0.29) is 18.6 Å². The van der Waals surface area contributed by atoms with Crippen LogP contribution in [0.2, 0.25) is 0 Å². The van der Waals surface area contributed by atoms with Gasteiger partial charge in [-0.15, -0.1) is 0 Å². The first kappa shape index (κ1) is 17.4. The number of hydrogen-bond donors (Lipinski definition) is 2. The molecule has 0 saturated heterocycles. The highest BCUT2D eigenvalue weighted by atomic mass is 16.5. The van der Waals surface area contributed by atoms with Crippen molar-refractivity contribution >= 4 is 5.91 Å². The van der Waals surface area contributed by atoms with Gasteiger partial charge in [0.1, 0.15) is 0 Å². The number of amides is 1. The van der Waals surface area contributed by atoms with Crippen LogP contribution in [0.5, 0.6) is 0 Å². The van der Waals surface area contributed by atoms with Crippen LogP contribution in [0.15, 0.2) is 41.1 Å². The summed E-state index contributed by atoms with van der Waals surface area (Å²) in [4.78, 5) is 20.9. The largest absolute Gasteiger partial charge is 0.390 e. The maximum Gasteiger partial charge on any atom is 0.251 e. The summed E-state index contributed by atoms with van der Waals surface area (Å²) in [6.07, 6.45) is 3.96. The Bertz CT molecular complexity index is 983. The van der Waals surface area contributed by atoms with Crippen LogP contribution in [-0.4, -0.2) is 26.1 Å². The van der Waals surface area contributed by atoms with Gasteiger partial charge in [0.2, 0.25) is 11.7 Å². The Kier molecular flexibility index (Phi) is 4.68. The molecule has 2 heterocycles. The monoisotopic (exact) mass is 364 g/mol. The Balaban J connectivity index is 1.52. The normalized spacial score (nSPS) is 15.6. The van der Waals surface area contributed by atoms with E-state index in [0.717, 1.165) is 24.0 Å². The Labute approximate surface area is 156 Å². The summed E-state index contributed by atoms with van der Waals surface area (Å²) < 4.78 is 5.19. The zero-order valence-corrected chi connectivity index (χ0v) is 15.0. The van der Waals surface area contributed by atoms with Crippen LogP contribution >= 0.6 is 0 Å². The number of rotatable bonds is 5. The second kappa shape index (κ2) is 7.28. The molecule has 0 saturated carbocycles. The molecule has 4 rings (SSSR count). The minimum absolute atomic E-state index is 0.0382. The lowest BCUT2D eigenvalue weighted by atomic mass is 10.0. The zero-order chi connectivity index (χ0) is 18.8. The van der Waals surface area contributed by atoms with Crippen molar-refractivity contribution in [3.63, 3.8) is 0 Å². The average molecular weight is 364 g/mol. The first-order valence-corrected chi connectivity index (χ1v) is 9.00. The molecule has 1 aliphatic rings. The summed E-state index contributed by atoms with van der Waals surface area (Å²) >= 11 is 0. The van der Waals surface area contributed by atoms with E-state index in [1.807, 2.05) is 19.1 Å². The van der Waals surface area contributed by atoms with Gasteiger partial charge in [-0.25, -0.2) is 0 Å². The molecule has 0 bridgehead atoms. The number of aliphatic hydroxyl groups is 1. The molecule has 2 aromatic heterocycles. The van der Waals surface area contributed by atoms with Gasteiger partial charge in [-0.1, -0.05) is 24.2 Å². The molecule has 0 unspecified atom stereocenters. The number of carbonyl (C=O) groups excluding carboxylic acids is 1. The minimum atomic E-state index is -0.189. The molecule has 3 aromatic rings. The van der Waals surface area contributed by atoms with Crippen molar-refractivity contribution in [1.29, 1.82) is 0 Å². The Morgan fingerprint density at radius 3 is 3.00 bits per heavy atom. The van der Waals surface area contributed by atoms with Crippen LogP contribution in [-0.2, 0) is 19.4 Å². The van der Waals surface area contributed by atoms with Gasteiger partial charge < -0.3 is 14.9 Å². The van der Waals surface area contributed by atoms with Crippen LogP contribution < -0.4 is 5.32 Å². The molecule has 0 aliphatic heterocycles. The molecule has 2 N–H and O–H groups in total. The average Bonchev–Trinajstić information content (AvgIpc) is 3.35. The number of fused-ring (bicyclic) bond motifs is 1. The maximum atomic E-state index is 12.5. The number of hydrogen-bond acceptors (Lipinski definition) is 6. The summed E-state index contributed by atoms with van der Waals surface area (Å²) in [5, 5.41) is 16.3. The maximum absolute atomic E-state index is 12.5. The van der Waals surface area contributed by atoms with E-state index >= 15 is 0 Å². The fraction of sp³-hybridized carbons (Fsp3) is 0.300. The summed E-state index contributed by atoms with van der Waals surface area (Å²) in [6.45, 7) is 1.78. The minimum Gasteiger partial charge on any atom is -0.390 e. The van der Waals surface area contributed by atoms with Crippen LogP contribution in [0, 0.1) is 0 Å². The van der Waals surface area contributed by atoms with Gasteiger partial charge in [-0.2, -0.15) is 4.98 Å². The predicted octanol–water partition coefficient (Wildman–Crippen LogP) is 2.60. The summed E-state index contributed by atoms with van der Waals surface area (Å²) in [6, 6.07) is 9.27. The topological polar surface area (TPSA) is 101 Å². The van der Waals surface area contributed by atoms with E-state index in [2.05, 4.69) is 26.5 Å². The zero-order valence-electron chi connectivity index (χ0n) is 15.0. The summed E-state index contributed by atoms with van der Waals surface area (Å²) in [7, 11) is 0. The van der Waals surface area contributed by atoms with Crippen molar-refractivity contribution in [2.75, 3.05) is 0 Å². The van der Waals surface area contributed by atoms with E-state index in [9.17, 15) is 9.90 Å². The standard InChI is InChI=1S/C20H20N4O3/c1-2-18-23-19(24-27-18)13-3-5-16-12(9-13)4-6-17(16)22-20(26)14-7-8-21-15(10-14)11-25/h3,5,7-10,17,25H,2,4,6,11H2,1H3,(H,22,26)/t17-/m1/s1. The number of nitrogens with zero attached hydrogens (tertiary/aromatic N) is 3. The van der Waals surface area contributed by atoms with E-state index in [1.54, 1.807) is 12.1 Å². The first-order chi connectivity index (χ1) is 13.2. The van der Waals surface area contributed by atoms with Crippen molar-refractivity contribution in [3.05, 3.63) is 64.8 Å². The van der Waals surface area contributed by atoms with Gasteiger partial charge in [-0.05, 0) is 42.2 Å². The second-order valence-electron chi connectivity index (χ2n) is 6.54. The van der Waals surface area contributed by atoms with E-state index in [1.165, 1.54) is 11.8 Å². The summed E-state index contributed by atoms with van der Waals surface area (Å²) in [5.41, 5.74) is 4.20. The Morgan fingerprint density at radius 1 is 1.33 bits per heavy atom. The van der Waals surface area contributed by atoms with Crippen molar-refractivity contribution in [2.24, 2.45) is 0 Å². The number of nitrogens with one attached hydrogen (secondary N) is 1. The quantitative estimate of drug-likeness (QED) is 0.722. The predicted molar refractivity (Wildman–Crippen MR) is 97.8 cm³/mol. The van der Waals surface area contributed by atoms with Crippen LogP contribution in [0.3, 0.4) is 0 Å². The van der Waals surface area contributed by atoms with E-state index < -0.39 is 0 Å². The summed E-state index contributed by atoms with van der Waals surface area (Å²) in [5.74, 6) is 1.05. The van der Waals surface area contributed by atoms with Crippen molar-refractivity contribution < 1.29 is 14.4 Å². The third-order valence-electron chi connectivity index (χ3n) is 4.80. The number of pyridine rings is 1. The molecule has 1 amide bonds. The first-order valence-electron chi connectivity index (χ1n) is 9.00. The SMILES string of the molecule is CCc1nc(-c2ccc3c(c2)CC[C@H]3NC(=O)c2ccnc(CO)c2)no1. The molecule has 1 aliphatic carbocycles. The fourth-order valence-corrected chi connectivity index (χ4v) is 3.37. The molecule has 7 nitrogen and oxygen atoms in total. The Hall–Kier alpha value is -3.06. The molecule has 138 valence electrons. The third-order valence-corrected chi connectivity index (χ3v) is 4.80. The smallest absolute Gasteiger partial charge is 0.251 e. The fourth-order valence-electron chi connectivity index (χ4n) is 3.37. The van der Waals surface area contributed by atoms with Crippen molar-refractivity contribution in [1.82, 2.24) is 20.4 Å². The van der Waals surface area contributed by atoms with Crippen LogP contribution in [0.25, 0.3) is 11.4 Å². The lowest BCUT2D eigenvalue weighted by Crippen LogP contribution is -2.27. The molecule has 0 fully saturated rings. The molecule has 0 spiro atoms. The number of benzene rings is 1. The highest BCUT2D eigenvalue weighted by Gasteiger charge is 2.25. The van der Waals surface area contributed by atoms with Gasteiger partial charge in [0.25, 0.3) is 5.91 Å². The number of aliphatic hydroxyl groups excluding tert-OH is 1. The lowest BCUT2D eigenvalue weighted by Gasteiger charge is -2.14. The molecular formula is C20H20N4O3. The van der Waals surface area contributed by atoms with Crippen molar-refractivity contribution in [2.45, 2.75) is 38.8 Å². The molecule has 27 heavy (non-hydrogen) atoms. The lowest BCUT2D eigenvalue weighted by molar-refractivity contribution is 0.0936. The molecular weight excluding hydrogens is 344 g/mol.